The van der Waals surface area contributed by atoms with Crippen molar-refractivity contribution in [3.63, 3.8) is 0 Å². The molecule has 0 atom stereocenters. The van der Waals surface area contributed by atoms with Gasteiger partial charge in [-0.15, -0.1) is 0 Å². The van der Waals surface area contributed by atoms with E-state index in [-0.39, 0.29) is 10.9 Å². The quantitative estimate of drug-likeness (QED) is 0.335. The summed E-state index contributed by atoms with van der Waals surface area (Å²) in [4.78, 5) is 25.7. The Morgan fingerprint density at radius 2 is 1.82 bits per heavy atom. The monoisotopic (exact) mass is 510 g/mol. The number of rotatable bonds is 7. The Morgan fingerprint density at radius 1 is 1.09 bits per heavy atom. The molecule has 0 aromatic heterocycles. The van der Waals surface area contributed by atoms with Gasteiger partial charge in [-0.1, -0.05) is 65.8 Å². The number of hydrogen-bond donors (Lipinski definition) is 1. The summed E-state index contributed by atoms with van der Waals surface area (Å²) in [5, 5.41) is 1.71. The van der Waals surface area contributed by atoms with E-state index in [9.17, 15) is 9.59 Å². The highest BCUT2D eigenvalue weighted by Gasteiger charge is 2.33. The average molecular weight is 511 g/mol. The summed E-state index contributed by atoms with van der Waals surface area (Å²) in [5.74, 6) is 0.230. The lowest BCUT2D eigenvalue weighted by molar-refractivity contribution is -0.123. The molecule has 0 bridgehead atoms. The van der Waals surface area contributed by atoms with E-state index in [1.807, 2.05) is 18.2 Å². The predicted molar refractivity (Wildman–Crippen MR) is 138 cm³/mol. The van der Waals surface area contributed by atoms with Gasteiger partial charge in [-0.25, -0.2) is 0 Å². The Kier molecular flexibility index (Phi) is 7.52. The lowest BCUT2D eigenvalue weighted by Gasteiger charge is -2.15. The number of nitrogens with one attached hydrogen (secondary N) is 1. The van der Waals surface area contributed by atoms with Crippen molar-refractivity contribution in [3.8, 4) is 11.5 Å². The fourth-order valence-corrected chi connectivity index (χ4v) is 4.50. The standard InChI is InChI=1S/C25H19ClN2O4S2/c1-31-21-13-16(11-12-20(21)32-15-18-9-5-6-10-19(18)26)14-22-24(30)28(25(33)34-22)27-23(29)17-7-3-2-4-8-17/h2-14H,15H2,1H3,(H,27,29). The second-order valence-corrected chi connectivity index (χ2v) is 9.20. The second-order valence-electron chi connectivity index (χ2n) is 7.11. The minimum absolute atomic E-state index is 0.243. The minimum Gasteiger partial charge on any atom is -0.493 e. The van der Waals surface area contributed by atoms with Gasteiger partial charge in [-0.05, 0) is 54.2 Å². The molecule has 4 rings (SSSR count). The van der Waals surface area contributed by atoms with Gasteiger partial charge in [0.1, 0.15) is 6.61 Å². The lowest BCUT2D eigenvalue weighted by Crippen LogP contribution is -2.44. The lowest BCUT2D eigenvalue weighted by atomic mass is 10.2. The fraction of sp³-hybridized carbons (Fsp3) is 0.0800. The molecule has 172 valence electrons. The van der Waals surface area contributed by atoms with E-state index in [0.717, 1.165) is 27.9 Å². The molecule has 1 N–H and O–H groups in total. The third kappa shape index (κ3) is 5.41. The normalized spacial score (nSPS) is 14.4. The van der Waals surface area contributed by atoms with Crippen LogP contribution in [-0.2, 0) is 11.4 Å². The van der Waals surface area contributed by atoms with Crippen LogP contribution in [-0.4, -0.2) is 28.3 Å². The number of thioether (sulfide) groups is 1. The number of carbonyl (C=O) groups is 2. The minimum atomic E-state index is -0.417. The maximum atomic E-state index is 12.9. The molecule has 3 aromatic rings. The molecular formula is C25H19ClN2O4S2. The molecule has 1 fully saturated rings. The summed E-state index contributed by atoms with van der Waals surface area (Å²) in [6, 6.07) is 21.4. The topological polar surface area (TPSA) is 67.9 Å². The zero-order valence-corrected chi connectivity index (χ0v) is 20.4. The van der Waals surface area contributed by atoms with Gasteiger partial charge in [-0.2, -0.15) is 5.01 Å². The largest absolute Gasteiger partial charge is 0.493 e. The molecule has 2 amide bonds. The number of carbonyl (C=O) groups excluding carboxylic acids is 2. The van der Waals surface area contributed by atoms with Crippen LogP contribution in [0.4, 0.5) is 0 Å². The van der Waals surface area contributed by atoms with Crippen LogP contribution in [0.5, 0.6) is 11.5 Å². The zero-order valence-electron chi connectivity index (χ0n) is 18.0. The molecule has 0 unspecified atom stereocenters. The molecule has 0 aliphatic carbocycles. The van der Waals surface area contributed by atoms with Crippen molar-refractivity contribution in [2.24, 2.45) is 0 Å². The predicted octanol–water partition coefficient (Wildman–Crippen LogP) is 5.47. The van der Waals surface area contributed by atoms with Crippen molar-refractivity contribution in [3.05, 3.63) is 99.4 Å². The summed E-state index contributed by atoms with van der Waals surface area (Å²) < 4.78 is 11.6. The van der Waals surface area contributed by atoms with Crippen LogP contribution in [0.3, 0.4) is 0 Å². The molecule has 0 radical (unpaired) electrons. The molecule has 1 aliphatic rings. The number of hydrogen-bond acceptors (Lipinski definition) is 6. The molecule has 1 heterocycles. The number of nitrogens with zero attached hydrogens (tertiary/aromatic N) is 1. The van der Waals surface area contributed by atoms with Gasteiger partial charge in [-0.3, -0.25) is 15.0 Å². The van der Waals surface area contributed by atoms with Gasteiger partial charge in [0, 0.05) is 16.1 Å². The van der Waals surface area contributed by atoms with Gasteiger partial charge in [0.25, 0.3) is 11.8 Å². The number of hydrazine groups is 1. The van der Waals surface area contributed by atoms with Gasteiger partial charge in [0.05, 0.1) is 12.0 Å². The van der Waals surface area contributed by atoms with Crippen LogP contribution in [0.25, 0.3) is 6.08 Å². The summed E-state index contributed by atoms with van der Waals surface area (Å²) in [5.41, 5.74) is 4.57. The molecule has 0 spiro atoms. The Morgan fingerprint density at radius 3 is 2.56 bits per heavy atom. The molecule has 6 nitrogen and oxygen atoms in total. The number of amides is 2. The first-order valence-electron chi connectivity index (χ1n) is 10.1. The smallest absolute Gasteiger partial charge is 0.285 e. The number of thiocarbonyl (C=S) groups is 1. The zero-order chi connectivity index (χ0) is 24.1. The number of benzene rings is 3. The molecule has 3 aromatic carbocycles. The van der Waals surface area contributed by atoms with Crippen molar-refractivity contribution in [2.45, 2.75) is 6.61 Å². The van der Waals surface area contributed by atoms with Crippen LogP contribution < -0.4 is 14.9 Å². The summed E-state index contributed by atoms with van der Waals surface area (Å²) in [7, 11) is 1.54. The summed E-state index contributed by atoms with van der Waals surface area (Å²) in [6.07, 6.45) is 1.69. The van der Waals surface area contributed by atoms with Crippen LogP contribution in [0, 0.1) is 0 Å². The van der Waals surface area contributed by atoms with Crippen LogP contribution in [0.2, 0.25) is 5.02 Å². The third-order valence-corrected chi connectivity index (χ3v) is 6.54. The van der Waals surface area contributed by atoms with Crippen molar-refractivity contribution in [1.29, 1.82) is 0 Å². The summed E-state index contributed by atoms with van der Waals surface area (Å²) in [6.45, 7) is 0.287. The SMILES string of the molecule is COc1cc(C=C2SC(=S)N(NC(=O)c3ccccc3)C2=O)ccc1OCc1ccccc1Cl. The van der Waals surface area contributed by atoms with Gasteiger partial charge in [0.2, 0.25) is 0 Å². The molecule has 0 saturated carbocycles. The van der Waals surface area contributed by atoms with Gasteiger partial charge in [0.15, 0.2) is 15.8 Å². The van der Waals surface area contributed by atoms with Crippen LogP contribution >= 0.6 is 35.6 Å². The molecule has 9 heteroatoms. The van der Waals surface area contributed by atoms with Crippen LogP contribution in [0.15, 0.2) is 77.7 Å². The average Bonchev–Trinajstić information content (AvgIpc) is 3.11. The van der Waals surface area contributed by atoms with Crippen molar-refractivity contribution in [1.82, 2.24) is 10.4 Å². The first-order valence-corrected chi connectivity index (χ1v) is 11.7. The van der Waals surface area contributed by atoms with E-state index in [0.29, 0.717) is 27.0 Å². The van der Waals surface area contributed by atoms with Crippen molar-refractivity contribution in [2.75, 3.05) is 7.11 Å². The molecule has 1 aliphatic heterocycles. The highest BCUT2D eigenvalue weighted by molar-refractivity contribution is 8.26. The highest BCUT2D eigenvalue weighted by Crippen LogP contribution is 2.34. The van der Waals surface area contributed by atoms with Crippen molar-refractivity contribution >= 4 is 57.8 Å². The van der Waals surface area contributed by atoms with Gasteiger partial charge >= 0.3 is 0 Å². The number of ether oxygens (including phenoxy) is 2. The Bertz CT molecular complexity index is 1280. The van der Waals surface area contributed by atoms with E-state index in [1.54, 1.807) is 67.8 Å². The van der Waals surface area contributed by atoms with E-state index in [1.165, 1.54) is 0 Å². The summed E-state index contributed by atoms with van der Waals surface area (Å²) >= 11 is 12.6. The maximum absolute atomic E-state index is 12.9. The van der Waals surface area contributed by atoms with E-state index >= 15 is 0 Å². The number of halogens is 1. The van der Waals surface area contributed by atoms with Gasteiger partial charge < -0.3 is 9.47 Å². The molecular weight excluding hydrogens is 492 g/mol. The third-order valence-electron chi connectivity index (χ3n) is 4.87. The first-order chi connectivity index (χ1) is 16.5. The maximum Gasteiger partial charge on any atom is 0.285 e. The first kappa shape index (κ1) is 23.8. The Balaban J connectivity index is 1.47. The van der Waals surface area contributed by atoms with E-state index in [4.69, 9.17) is 33.3 Å². The molecule has 34 heavy (non-hydrogen) atoms. The Hall–Kier alpha value is -3.33. The fourth-order valence-electron chi connectivity index (χ4n) is 3.14. The van der Waals surface area contributed by atoms with E-state index < -0.39 is 11.8 Å². The second kappa shape index (κ2) is 10.7. The molecule has 1 saturated heterocycles. The van der Waals surface area contributed by atoms with E-state index in [2.05, 4.69) is 5.43 Å². The van der Waals surface area contributed by atoms with Crippen LogP contribution in [0.1, 0.15) is 21.5 Å². The Labute approximate surface area is 211 Å². The number of methoxy groups -OCH3 is 1. The van der Waals surface area contributed by atoms with Crippen molar-refractivity contribution < 1.29 is 19.1 Å². The highest BCUT2D eigenvalue weighted by atomic mass is 35.5.